The molecule has 1 N–H and O–H groups in total. The molecule has 2 aromatic rings. The van der Waals surface area contributed by atoms with Gasteiger partial charge < -0.3 is 10.1 Å². The smallest absolute Gasteiger partial charge is 0.315 e. The van der Waals surface area contributed by atoms with Gasteiger partial charge in [-0.15, -0.1) is 11.8 Å². The van der Waals surface area contributed by atoms with Gasteiger partial charge in [0.15, 0.2) is 0 Å². The largest absolute Gasteiger partial charge is 0.468 e. The molecule has 0 aliphatic rings. The summed E-state index contributed by atoms with van der Waals surface area (Å²) in [5, 5.41) is 2.68. The standard InChI is InChI=1S/C19H22N2O5S2/c1-21(16-8-4-3-5-9-16)28(24,25)17-10-6-7-15(13-17)20-18(22)11-12-27-14-19(23)26-2/h3-10,13H,11-12,14H2,1-2H3,(H,20,22). The molecular weight excluding hydrogens is 400 g/mol. The van der Waals surface area contributed by atoms with Gasteiger partial charge in [-0.3, -0.25) is 13.9 Å². The van der Waals surface area contributed by atoms with Crippen LogP contribution in [0.2, 0.25) is 0 Å². The van der Waals surface area contributed by atoms with E-state index in [0.29, 0.717) is 17.1 Å². The fraction of sp³-hybridized carbons (Fsp3) is 0.263. The Bertz CT molecular complexity index is 917. The van der Waals surface area contributed by atoms with Gasteiger partial charge in [0.1, 0.15) is 0 Å². The number of sulfonamides is 1. The Morgan fingerprint density at radius 2 is 1.82 bits per heavy atom. The fourth-order valence-corrected chi connectivity index (χ4v) is 4.27. The number of ether oxygens (including phenoxy) is 1. The van der Waals surface area contributed by atoms with Crippen LogP contribution in [-0.4, -0.2) is 46.0 Å². The average molecular weight is 423 g/mol. The fourth-order valence-electron chi connectivity index (χ4n) is 2.27. The number of esters is 1. The van der Waals surface area contributed by atoms with E-state index in [1.165, 1.54) is 42.4 Å². The molecule has 7 nitrogen and oxygen atoms in total. The Morgan fingerprint density at radius 1 is 1.11 bits per heavy atom. The number of nitrogens with zero attached hydrogens (tertiary/aromatic N) is 1. The Hall–Kier alpha value is -2.52. The molecule has 0 spiro atoms. The van der Waals surface area contributed by atoms with E-state index in [4.69, 9.17) is 0 Å². The van der Waals surface area contributed by atoms with E-state index in [-0.39, 0.29) is 28.9 Å². The molecule has 0 fully saturated rings. The van der Waals surface area contributed by atoms with Gasteiger partial charge >= 0.3 is 5.97 Å². The second-order valence-electron chi connectivity index (χ2n) is 5.76. The van der Waals surface area contributed by atoms with E-state index in [0.717, 1.165) is 0 Å². The lowest BCUT2D eigenvalue weighted by molar-refractivity contribution is -0.137. The third-order valence-corrected chi connectivity index (χ3v) is 6.53. The van der Waals surface area contributed by atoms with Crippen molar-refractivity contribution in [2.45, 2.75) is 11.3 Å². The summed E-state index contributed by atoms with van der Waals surface area (Å²) in [6, 6.07) is 14.8. The molecule has 0 atom stereocenters. The third kappa shape index (κ3) is 6.00. The Kier molecular flexibility index (Phi) is 7.89. The van der Waals surface area contributed by atoms with Crippen LogP contribution in [0.1, 0.15) is 6.42 Å². The summed E-state index contributed by atoms with van der Waals surface area (Å²) in [5.41, 5.74) is 0.935. The van der Waals surface area contributed by atoms with Gasteiger partial charge in [0.25, 0.3) is 10.0 Å². The first-order valence-corrected chi connectivity index (χ1v) is 11.0. The van der Waals surface area contributed by atoms with Gasteiger partial charge in [-0.1, -0.05) is 24.3 Å². The predicted octanol–water partition coefficient (Wildman–Crippen LogP) is 2.75. The maximum atomic E-state index is 12.8. The number of hydrogen-bond acceptors (Lipinski definition) is 6. The van der Waals surface area contributed by atoms with Crippen molar-refractivity contribution in [2.24, 2.45) is 0 Å². The van der Waals surface area contributed by atoms with Crippen molar-refractivity contribution in [3.8, 4) is 0 Å². The number of carbonyl (C=O) groups excluding carboxylic acids is 2. The molecule has 0 heterocycles. The quantitative estimate of drug-likeness (QED) is 0.493. The molecule has 2 aromatic carbocycles. The van der Waals surface area contributed by atoms with Crippen LogP contribution >= 0.6 is 11.8 Å². The van der Waals surface area contributed by atoms with Gasteiger partial charge in [-0.05, 0) is 30.3 Å². The zero-order valence-electron chi connectivity index (χ0n) is 15.6. The minimum Gasteiger partial charge on any atom is -0.468 e. The summed E-state index contributed by atoms with van der Waals surface area (Å²) in [6.07, 6.45) is 0.197. The second kappa shape index (κ2) is 10.1. The Morgan fingerprint density at radius 3 is 2.50 bits per heavy atom. The van der Waals surface area contributed by atoms with Crippen LogP contribution in [-0.2, 0) is 24.3 Å². The molecule has 0 aliphatic heterocycles. The molecule has 0 unspecified atom stereocenters. The summed E-state index contributed by atoms with van der Waals surface area (Å²) in [5.74, 6) is 0.0353. The summed E-state index contributed by atoms with van der Waals surface area (Å²) >= 11 is 1.30. The highest BCUT2D eigenvalue weighted by Gasteiger charge is 2.21. The molecule has 0 aromatic heterocycles. The van der Waals surface area contributed by atoms with Crippen molar-refractivity contribution in [2.75, 3.05) is 35.3 Å². The first-order valence-electron chi connectivity index (χ1n) is 8.43. The SMILES string of the molecule is COC(=O)CSCCC(=O)Nc1cccc(S(=O)(=O)N(C)c2ccccc2)c1. The van der Waals surface area contributed by atoms with E-state index in [1.807, 2.05) is 6.07 Å². The molecule has 0 aliphatic carbocycles. The zero-order chi connectivity index (χ0) is 20.6. The molecule has 0 radical (unpaired) electrons. The highest BCUT2D eigenvalue weighted by molar-refractivity contribution is 7.99. The number of hydrogen-bond donors (Lipinski definition) is 1. The molecule has 0 saturated heterocycles. The number of thioether (sulfide) groups is 1. The van der Waals surface area contributed by atoms with Crippen molar-refractivity contribution in [1.29, 1.82) is 0 Å². The van der Waals surface area contributed by atoms with Crippen molar-refractivity contribution < 1.29 is 22.7 Å². The molecule has 28 heavy (non-hydrogen) atoms. The minimum absolute atomic E-state index is 0.0803. The number of para-hydroxylation sites is 1. The lowest BCUT2D eigenvalue weighted by atomic mass is 10.3. The van der Waals surface area contributed by atoms with E-state index >= 15 is 0 Å². The van der Waals surface area contributed by atoms with Crippen LogP contribution in [0.15, 0.2) is 59.5 Å². The average Bonchev–Trinajstić information content (AvgIpc) is 2.71. The second-order valence-corrected chi connectivity index (χ2v) is 8.84. The summed E-state index contributed by atoms with van der Waals surface area (Å²) < 4.78 is 31.4. The molecule has 0 bridgehead atoms. The number of nitrogens with one attached hydrogen (secondary N) is 1. The van der Waals surface area contributed by atoms with Crippen LogP contribution in [0.4, 0.5) is 11.4 Å². The predicted molar refractivity (Wildman–Crippen MR) is 111 cm³/mol. The minimum atomic E-state index is -3.76. The number of methoxy groups -OCH3 is 1. The maximum Gasteiger partial charge on any atom is 0.315 e. The van der Waals surface area contributed by atoms with Crippen molar-refractivity contribution in [3.63, 3.8) is 0 Å². The molecule has 1 amide bonds. The van der Waals surface area contributed by atoms with Crippen LogP contribution < -0.4 is 9.62 Å². The van der Waals surface area contributed by atoms with Gasteiger partial charge in [-0.25, -0.2) is 8.42 Å². The Labute approximate surface area is 169 Å². The van der Waals surface area contributed by atoms with Crippen LogP contribution in [0.5, 0.6) is 0 Å². The topological polar surface area (TPSA) is 92.8 Å². The molecule has 150 valence electrons. The number of amides is 1. The van der Waals surface area contributed by atoms with Crippen molar-refractivity contribution >= 4 is 45.0 Å². The molecular formula is C19H22N2O5S2. The van der Waals surface area contributed by atoms with Crippen LogP contribution in [0.3, 0.4) is 0 Å². The third-order valence-electron chi connectivity index (χ3n) is 3.82. The number of rotatable bonds is 9. The van der Waals surface area contributed by atoms with Gasteiger partial charge in [0, 0.05) is 24.9 Å². The van der Waals surface area contributed by atoms with Crippen molar-refractivity contribution in [1.82, 2.24) is 0 Å². The molecule has 0 saturated carbocycles. The molecule has 9 heteroatoms. The number of benzene rings is 2. The molecule has 2 rings (SSSR count). The summed E-state index contributed by atoms with van der Waals surface area (Å²) in [7, 11) is -0.965. The van der Waals surface area contributed by atoms with E-state index < -0.39 is 10.0 Å². The Balaban J connectivity index is 2.01. The van der Waals surface area contributed by atoms with Crippen LogP contribution in [0.25, 0.3) is 0 Å². The summed E-state index contributed by atoms with van der Waals surface area (Å²) in [6.45, 7) is 0. The lowest BCUT2D eigenvalue weighted by Gasteiger charge is -2.19. The lowest BCUT2D eigenvalue weighted by Crippen LogP contribution is -2.26. The highest BCUT2D eigenvalue weighted by Crippen LogP contribution is 2.23. The van der Waals surface area contributed by atoms with Crippen molar-refractivity contribution in [3.05, 3.63) is 54.6 Å². The normalized spacial score (nSPS) is 10.9. The first-order chi connectivity index (χ1) is 13.3. The van der Waals surface area contributed by atoms with E-state index in [1.54, 1.807) is 36.4 Å². The van der Waals surface area contributed by atoms with E-state index in [9.17, 15) is 18.0 Å². The van der Waals surface area contributed by atoms with E-state index in [2.05, 4.69) is 10.1 Å². The summed E-state index contributed by atoms with van der Waals surface area (Å²) in [4.78, 5) is 23.2. The first kappa shape index (κ1) is 21.8. The van der Waals surface area contributed by atoms with Gasteiger partial charge in [-0.2, -0.15) is 0 Å². The van der Waals surface area contributed by atoms with Gasteiger partial charge in [0.05, 0.1) is 23.4 Å². The maximum absolute atomic E-state index is 12.8. The number of carbonyl (C=O) groups is 2. The monoisotopic (exact) mass is 422 g/mol. The number of anilines is 2. The zero-order valence-corrected chi connectivity index (χ0v) is 17.3. The van der Waals surface area contributed by atoms with Crippen LogP contribution in [0, 0.1) is 0 Å². The highest BCUT2D eigenvalue weighted by atomic mass is 32.2. The van der Waals surface area contributed by atoms with Gasteiger partial charge in [0.2, 0.25) is 5.91 Å².